The third-order valence-corrected chi connectivity index (χ3v) is 6.66. The standard InChI is InChI=1S/C29H38N4O6/c1-18(2)15-25(27(35)31-16-26(34)32-24(28(36)37)13-7-8-14-30)33-29(38)39-17-23-21-11-5-3-9-19(21)20-10-4-6-12-22(20)23/h3-6,9-12,18,23-25H,7-8,13-17,30H2,1-2H3,(H,31,35)(H,32,34)(H,33,38)(H,36,37)/t24-,25-/m0/s1. The lowest BCUT2D eigenvalue weighted by Gasteiger charge is -2.21. The Morgan fingerprint density at radius 2 is 1.54 bits per heavy atom. The molecule has 0 aromatic heterocycles. The number of carbonyl (C=O) groups excluding carboxylic acids is 3. The van der Waals surface area contributed by atoms with Crippen LogP contribution in [0, 0.1) is 5.92 Å². The van der Waals surface area contributed by atoms with Crippen molar-refractivity contribution in [1.29, 1.82) is 0 Å². The van der Waals surface area contributed by atoms with Gasteiger partial charge in [0.05, 0.1) is 6.54 Å². The van der Waals surface area contributed by atoms with E-state index in [9.17, 15) is 24.3 Å². The number of rotatable bonds is 14. The molecule has 0 radical (unpaired) electrons. The summed E-state index contributed by atoms with van der Waals surface area (Å²) in [4.78, 5) is 49.3. The summed E-state index contributed by atoms with van der Waals surface area (Å²) in [5.41, 5.74) is 9.82. The van der Waals surface area contributed by atoms with Crippen molar-refractivity contribution in [2.45, 2.75) is 57.5 Å². The molecule has 1 aliphatic carbocycles. The van der Waals surface area contributed by atoms with Crippen molar-refractivity contribution >= 4 is 23.9 Å². The molecule has 0 bridgehead atoms. The van der Waals surface area contributed by atoms with Crippen LogP contribution in [-0.2, 0) is 19.1 Å². The highest BCUT2D eigenvalue weighted by Gasteiger charge is 2.30. The first-order valence-corrected chi connectivity index (χ1v) is 13.3. The van der Waals surface area contributed by atoms with Crippen molar-refractivity contribution < 1.29 is 29.0 Å². The maximum Gasteiger partial charge on any atom is 0.407 e. The number of alkyl carbamates (subject to hydrolysis) is 1. The van der Waals surface area contributed by atoms with Crippen LogP contribution >= 0.6 is 0 Å². The largest absolute Gasteiger partial charge is 0.480 e. The van der Waals surface area contributed by atoms with Crippen LogP contribution in [0.2, 0.25) is 0 Å². The molecule has 3 rings (SSSR count). The number of amides is 3. The van der Waals surface area contributed by atoms with E-state index in [-0.39, 0.29) is 24.9 Å². The van der Waals surface area contributed by atoms with Crippen LogP contribution in [-0.4, -0.2) is 60.8 Å². The van der Waals surface area contributed by atoms with E-state index in [1.165, 1.54) is 0 Å². The zero-order valence-corrected chi connectivity index (χ0v) is 22.4. The number of carboxylic acid groups (broad SMARTS) is 1. The molecule has 10 heteroatoms. The second kappa shape index (κ2) is 14.3. The van der Waals surface area contributed by atoms with Crippen molar-refractivity contribution in [3.8, 4) is 11.1 Å². The van der Waals surface area contributed by atoms with E-state index in [1.54, 1.807) is 0 Å². The minimum Gasteiger partial charge on any atom is -0.480 e. The number of ether oxygens (including phenoxy) is 1. The number of carbonyl (C=O) groups is 4. The SMILES string of the molecule is CC(C)C[C@H](NC(=O)OCC1c2ccccc2-c2ccccc21)C(=O)NCC(=O)N[C@@H](CCCCN)C(=O)O. The first kappa shape index (κ1) is 29.6. The van der Waals surface area contributed by atoms with Gasteiger partial charge in [-0.05, 0) is 60.4 Å². The fourth-order valence-corrected chi connectivity index (χ4v) is 4.77. The maximum absolute atomic E-state index is 12.8. The summed E-state index contributed by atoms with van der Waals surface area (Å²) in [6.45, 7) is 3.94. The van der Waals surface area contributed by atoms with E-state index in [4.69, 9.17) is 10.5 Å². The third kappa shape index (κ3) is 8.28. The van der Waals surface area contributed by atoms with Crippen molar-refractivity contribution in [1.82, 2.24) is 16.0 Å². The Balaban J connectivity index is 1.55. The average molecular weight is 539 g/mol. The van der Waals surface area contributed by atoms with Gasteiger partial charge in [-0.15, -0.1) is 0 Å². The number of aliphatic carboxylic acids is 1. The van der Waals surface area contributed by atoms with Crippen molar-refractivity contribution in [3.05, 3.63) is 59.7 Å². The first-order valence-electron chi connectivity index (χ1n) is 13.3. The Morgan fingerprint density at radius 1 is 0.923 bits per heavy atom. The van der Waals surface area contributed by atoms with Gasteiger partial charge in [-0.1, -0.05) is 62.4 Å². The van der Waals surface area contributed by atoms with E-state index < -0.39 is 42.5 Å². The Morgan fingerprint density at radius 3 is 2.10 bits per heavy atom. The molecule has 0 fully saturated rings. The minimum absolute atomic E-state index is 0.0717. The number of nitrogens with one attached hydrogen (secondary N) is 3. The molecule has 10 nitrogen and oxygen atoms in total. The molecule has 0 spiro atoms. The predicted molar refractivity (Wildman–Crippen MR) is 147 cm³/mol. The lowest BCUT2D eigenvalue weighted by molar-refractivity contribution is -0.142. The van der Waals surface area contributed by atoms with Gasteiger partial charge in [0.25, 0.3) is 0 Å². The second-order valence-electron chi connectivity index (χ2n) is 10.1. The third-order valence-electron chi connectivity index (χ3n) is 6.66. The number of fused-ring (bicyclic) bond motifs is 3. The summed E-state index contributed by atoms with van der Waals surface area (Å²) in [6, 6.07) is 14.0. The van der Waals surface area contributed by atoms with Gasteiger partial charge >= 0.3 is 12.1 Å². The second-order valence-corrected chi connectivity index (χ2v) is 10.1. The fraction of sp³-hybridized carbons (Fsp3) is 0.448. The van der Waals surface area contributed by atoms with Crippen LogP contribution in [0.4, 0.5) is 4.79 Å². The lowest BCUT2D eigenvalue weighted by atomic mass is 9.98. The Kier molecular flexibility index (Phi) is 10.9. The highest BCUT2D eigenvalue weighted by molar-refractivity contribution is 5.91. The molecule has 210 valence electrons. The molecule has 6 N–H and O–H groups in total. The van der Waals surface area contributed by atoms with Crippen LogP contribution in [0.15, 0.2) is 48.5 Å². The highest BCUT2D eigenvalue weighted by Crippen LogP contribution is 2.44. The number of hydrogen-bond acceptors (Lipinski definition) is 6. The molecule has 3 amide bonds. The molecule has 0 saturated heterocycles. The smallest absolute Gasteiger partial charge is 0.407 e. The van der Waals surface area contributed by atoms with E-state index in [1.807, 2.05) is 62.4 Å². The van der Waals surface area contributed by atoms with Crippen molar-refractivity contribution in [2.24, 2.45) is 11.7 Å². The van der Waals surface area contributed by atoms with Gasteiger partial charge in [-0.3, -0.25) is 9.59 Å². The highest BCUT2D eigenvalue weighted by atomic mass is 16.5. The van der Waals surface area contributed by atoms with Crippen LogP contribution < -0.4 is 21.7 Å². The van der Waals surface area contributed by atoms with E-state index >= 15 is 0 Å². The number of unbranched alkanes of at least 4 members (excludes halogenated alkanes) is 1. The summed E-state index contributed by atoms with van der Waals surface area (Å²) in [6.07, 6.45) is 1.04. The van der Waals surface area contributed by atoms with E-state index in [2.05, 4.69) is 16.0 Å². The quantitative estimate of drug-likeness (QED) is 0.231. The average Bonchev–Trinajstić information content (AvgIpc) is 3.23. The van der Waals surface area contributed by atoms with Gasteiger partial charge in [0.15, 0.2) is 0 Å². The monoisotopic (exact) mass is 538 g/mol. The maximum atomic E-state index is 12.8. The van der Waals surface area contributed by atoms with Crippen LogP contribution in [0.1, 0.15) is 56.6 Å². The lowest BCUT2D eigenvalue weighted by Crippen LogP contribution is -2.51. The number of nitrogens with two attached hydrogens (primary N) is 1. The molecule has 0 aliphatic heterocycles. The molecule has 0 saturated carbocycles. The molecule has 1 aliphatic rings. The summed E-state index contributed by atoms with van der Waals surface area (Å²) >= 11 is 0. The number of carboxylic acids is 1. The molecule has 39 heavy (non-hydrogen) atoms. The fourth-order valence-electron chi connectivity index (χ4n) is 4.77. The molecule has 0 unspecified atom stereocenters. The number of hydrogen-bond donors (Lipinski definition) is 5. The topological polar surface area (TPSA) is 160 Å². The normalized spacial score (nSPS) is 13.6. The van der Waals surface area contributed by atoms with Crippen LogP contribution in [0.25, 0.3) is 11.1 Å². The molecule has 0 heterocycles. The van der Waals surface area contributed by atoms with Gasteiger partial charge in [0, 0.05) is 5.92 Å². The van der Waals surface area contributed by atoms with Gasteiger partial charge in [0.1, 0.15) is 18.7 Å². The van der Waals surface area contributed by atoms with E-state index in [0.717, 1.165) is 22.3 Å². The van der Waals surface area contributed by atoms with Gasteiger partial charge < -0.3 is 31.5 Å². The molecule has 2 atom stereocenters. The molecule has 2 aromatic carbocycles. The Bertz CT molecular complexity index is 1120. The summed E-state index contributed by atoms with van der Waals surface area (Å²) in [7, 11) is 0. The minimum atomic E-state index is -1.15. The zero-order valence-electron chi connectivity index (χ0n) is 22.4. The van der Waals surface area contributed by atoms with Crippen molar-refractivity contribution in [2.75, 3.05) is 19.7 Å². The number of benzene rings is 2. The van der Waals surface area contributed by atoms with Gasteiger partial charge in [0.2, 0.25) is 11.8 Å². The summed E-state index contributed by atoms with van der Waals surface area (Å²) < 4.78 is 5.57. The summed E-state index contributed by atoms with van der Waals surface area (Å²) in [5, 5.41) is 16.9. The predicted octanol–water partition coefficient (Wildman–Crippen LogP) is 2.75. The van der Waals surface area contributed by atoms with Crippen molar-refractivity contribution in [3.63, 3.8) is 0 Å². The van der Waals surface area contributed by atoms with Gasteiger partial charge in [-0.25, -0.2) is 9.59 Å². The first-order chi connectivity index (χ1) is 18.7. The molecule has 2 aromatic rings. The van der Waals surface area contributed by atoms with Gasteiger partial charge in [-0.2, -0.15) is 0 Å². The Hall–Kier alpha value is -3.92. The Labute approximate surface area is 228 Å². The molecular formula is C29H38N4O6. The van der Waals surface area contributed by atoms with Crippen LogP contribution in [0.3, 0.4) is 0 Å². The van der Waals surface area contributed by atoms with Crippen LogP contribution in [0.5, 0.6) is 0 Å². The zero-order chi connectivity index (χ0) is 28.4. The molecular weight excluding hydrogens is 500 g/mol. The van der Waals surface area contributed by atoms with E-state index in [0.29, 0.717) is 25.8 Å². The summed E-state index contributed by atoms with van der Waals surface area (Å²) in [5.74, 6) is -2.38.